The lowest BCUT2D eigenvalue weighted by molar-refractivity contribution is 0.0658. The summed E-state index contributed by atoms with van der Waals surface area (Å²) in [6.45, 7) is 3.89. The van der Waals surface area contributed by atoms with Gasteiger partial charge in [-0.25, -0.2) is 9.97 Å². The summed E-state index contributed by atoms with van der Waals surface area (Å²) in [6, 6.07) is 1.89. The summed E-state index contributed by atoms with van der Waals surface area (Å²) in [4.78, 5) is 40.0. The molecule has 4 heterocycles. The Morgan fingerprint density at radius 2 is 1.97 bits per heavy atom. The van der Waals surface area contributed by atoms with E-state index in [1.807, 2.05) is 11.0 Å². The number of hydrogen-bond donors (Lipinski definition) is 4. The fourth-order valence-corrected chi connectivity index (χ4v) is 4.83. The minimum absolute atomic E-state index is 0.00862. The van der Waals surface area contributed by atoms with Crippen molar-refractivity contribution in [3.8, 4) is 0 Å². The highest BCUT2D eigenvalue weighted by atomic mass is 127. The molecule has 2 saturated heterocycles. The van der Waals surface area contributed by atoms with Gasteiger partial charge in [0.15, 0.2) is 17.5 Å². The first-order valence-corrected chi connectivity index (χ1v) is 12.7. The number of hydrogen-bond acceptors (Lipinski definition) is 7. The molecular weight excluding hydrogens is 551 g/mol. The van der Waals surface area contributed by atoms with Gasteiger partial charge < -0.3 is 27.0 Å². The number of likely N-dealkylation sites (tertiary alicyclic amines) is 1. The average Bonchev–Trinajstić information content (AvgIpc) is 3.37. The Kier molecular flexibility index (Phi) is 6.91. The minimum atomic E-state index is -0.588. The number of aryl methyl sites for hydroxylation is 2. The molecule has 0 aliphatic carbocycles. The topological polar surface area (TPSA) is 169 Å². The van der Waals surface area contributed by atoms with Gasteiger partial charge in [-0.1, -0.05) is 35.9 Å². The van der Waals surface area contributed by atoms with E-state index in [1.54, 1.807) is 11.7 Å². The number of carbonyl (C=O) groups excluding carboxylic acids is 2. The number of halogens is 1. The third-order valence-electron chi connectivity index (χ3n) is 6.21. The molecule has 0 unspecified atom stereocenters. The molecule has 12 nitrogen and oxygen atoms in total. The van der Waals surface area contributed by atoms with Crippen molar-refractivity contribution in [1.29, 1.82) is 0 Å². The molecule has 2 fully saturated rings. The van der Waals surface area contributed by atoms with E-state index < -0.39 is 5.91 Å². The summed E-state index contributed by atoms with van der Waals surface area (Å²) in [5.74, 6) is -0.0614. The van der Waals surface area contributed by atoms with Crippen LogP contribution in [0, 0.1) is 0 Å². The molecule has 34 heavy (non-hydrogen) atoms. The Labute approximate surface area is 211 Å². The molecule has 2 aliphatic heterocycles. The number of carbonyl (C=O) groups is 2. The van der Waals surface area contributed by atoms with Crippen LogP contribution in [0.1, 0.15) is 58.6 Å². The van der Waals surface area contributed by atoms with Crippen LogP contribution in [0.4, 0.5) is 11.6 Å². The smallest absolute Gasteiger partial charge is 0.302 e. The average molecular weight is 580 g/mol. The number of aromatic nitrogens is 4. The Hall–Kier alpha value is -2.97. The highest BCUT2D eigenvalue weighted by Gasteiger charge is 2.41. The zero-order valence-electron chi connectivity index (χ0n) is 19.3. The van der Waals surface area contributed by atoms with Crippen molar-refractivity contribution in [2.45, 2.75) is 42.6 Å². The molecule has 2 amide bonds. The molecule has 0 bridgehead atoms. The molecule has 2 aliphatic rings. The third-order valence-corrected chi connectivity index (χ3v) is 6.93. The van der Waals surface area contributed by atoms with Gasteiger partial charge >= 0.3 is 5.91 Å². The van der Waals surface area contributed by atoms with Crippen molar-refractivity contribution in [1.82, 2.24) is 35.3 Å². The van der Waals surface area contributed by atoms with Crippen molar-refractivity contribution >= 4 is 52.0 Å². The number of piperidine rings is 1. The largest absolute Gasteiger partial charge is 0.382 e. The van der Waals surface area contributed by atoms with E-state index in [9.17, 15) is 9.59 Å². The third kappa shape index (κ3) is 4.79. The monoisotopic (exact) mass is 580 g/mol. The molecule has 2 aromatic rings. The number of nitrogen functional groups attached to an aromatic ring is 2. The maximum atomic E-state index is 13.0. The van der Waals surface area contributed by atoms with Crippen molar-refractivity contribution in [3.05, 3.63) is 28.8 Å². The molecule has 182 valence electrons. The van der Waals surface area contributed by atoms with Crippen molar-refractivity contribution in [3.63, 3.8) is 0 Å². The van der Waals surface area contributed by atoms with Gasteiger partial charge in [-0.3, -0.25) is 14.3 Å². The molecular formula is C21H29IN10O2. The lowest BCUT2D eigenvalue weighted by atomic mass is 9.88. The molecule has 0 aromatic carbocycles. The van der Waals surface area contributed by atoms with Crippen LogP contribution in [-0.2, 0) is 17.9 Å². The molecule has 2 aromatic heterocycles. The number of anilines is 2. The maximum absolute atomic E-state index is 13.0. The van der Waals surface area contributed by atoms with Crippen LogP contribution in [0.5, 0.6) is 0 Å². The minimum Gasteiger partial charge on any atom is -0.382 e. The zero-order chi connectivity index (χ0) is 24.5. The number of nitrogens with two attached hydrogens (primary N) is 2. The Morgan fingerprint density at radius 1 is 1.24 bits per heavy atom. The summed E-state index contributed by atoms with van der Waals surface area (Å²) in [5.41, 5.74) is 13.4. The van der Waals surface area contributed by atoms with Crippen molar-refractivity contribution in [2.75, 3.05) is 31.1 Å². The highest BCUT2D eigenvalue weighted by molar-refractivity contribution is 14.1. The van der Waals surface area contributed by atoms with Gasteiger partial charge in [0, 0.05) is 31.1 Å². The summed E-state index contributed by atoms with van der Waals surface area (Å²) < 4.78 is 2.17. The Bertz CT molecular complexity index is 1140. The van der Waals surface area contributed by atoms with E-state index in [2.05, 4.69) is 60.2 Å². The normalized spacial score (nSPS) is 18.2. The number of aliphatic imine (C=N–C) groups is 1. The summed E-state index contributed by atoms with van der Waals surface area (Å²) in [6.07, 6.45) is 3.29. The van der Waals surface area contributed by atoms with Gasteiger partial charge in [-0.15, -0.1) is 0 Å². The van der Waals surface area contributed by atoms with Crippen LogP contribution in [-0.4, -0.2) is 67.6 Å². The number of rotatable bonds is 5. The lowest BCUT2D eigenvalue weighted by Gasteiger charge is -2.38. The van der Waals surface area contributed by atoms with Crippen LogP contribution in [0.25, 0.3) is 0 Å². The first kappa shape index (κ1) is 24.2. The van der Waals surface area contributed by atoms with Gasteiger partial charge in [0.05, 0.1) is 16.9 Å². The zero-order valence-corrected chi connectivity index (χ0v) is 21.4. The van der Waals surface area contributed by atoms with Gasteiger partial charge in [-0.2, -0.15) is 10.1 Å². The molecule has 4 rings (SSSR count). The molecule has 1 spiro atoms. The first-order chi connectivity index (χ1) is 16.2. The number of nitrogens with zero attached hydrogens (tertiary/aromatic N) is 6. The number of nitrogens with one attached hydrogen (secondary N) is 2. The summed E-state index contributed by atoms with van der Waals surface area (Å²) in [5, 5.41) is 11.0. The number of amides is 2. The van der Waals surface area contributed by atoms with Crippen molar-refractivity contribution < 1.29 is 9.59 Å². The van der Waals surface area contributed by atoms with E-state index in [4.69, 9.17) is 11.5 Å². The maximum Gasteiger partial charge on any atom is 0.302 e. The standard InChI is InChI=1S/C21H29IN10O2/c1-3-4-12-9-14(31(2)30-12)19(34)32-7-5-21(6-8-32)11-25-20(29-21)28-18(33)15-17(24)27-16(23)13(10-22)26-15/h9H,3-8,10-11H2,1-2H3,(H4,23,24,27)(H2,25,28,29,33). The van der Waals surface area contributed by atoms with E-state index in [0.717, 1.165) is 31.4 Å². The number of alkyl halides is 1. The predicted octanol–water partition coefficient (Wildman–Crippen LogP) is 0.626. The van der Waals surface area contributed by atoms with Crippen LogP contribution in [0.15, 0.2) is 11.1 Å². The predicted molar refractivity (Wildman–Crippen MR) is 137 cm³/mol. The fourth-order valence-electron chi connectivity index (χ4n) is 4.27. The molecule has 13 heteroatoms. The van der Waals surface area contributed by atoms with Gasteiger partial charge in [-0.05, 0) is 25.3 Å². The van der Waals surface area contributed by atoms with Crippen LogP contribution >= 0.6 is 22.6 Å². The van der Waals surface area contributed by atoms with Crippen LogP contribution in [0.2, 0.25) is 0 Å². The van der Waals surface area contributed by atoms with Crippen LogP contribution < -0.4 is 22.1 Å². The van der Waals surface area contributed by atoms with Crippen molar-refractivity contribution in [2.24, 2.45) is 12.0 Å². The molecule has 0 radical (unpaired) electrons. The fraction of sp³-hybridized carbons (Fsp3) is 0.524. The van der Waals surface area contributed by atoms with E-state index in [0.29, 0.717) is 41.4 Å². The van der Waals surface area contributed by atoms with Gasteiger partial charge in [0.1, 0.15) is 11.5 Å². The second kappa shape index (κ2) is 9.72. The SMILES string of the molecule is CCCc1cc(C(=O)N2CCC3(CC2)CN/C(=N\C(=O)c2nc(CI)c(N)nc2N)N3)n(C)n1. The summed E-state index contributed by atoms with van der Waals surface area (Å²) >= 11 is 2.09. The Morgan fingerprint density at radius 3 is 2.65 bits per heavy atom. The van der Waals surface area contributed by atoms with E-state index >= 15 is 0 Å². The van der Waals surface area contributed by atoms with Gasteiger partial charge in [0.2, 0.25) is 0 Å². The number of guanidine groups is 1. The highest BCUT2D eigenvalue weighted by Crippen LogP contribution is 2.26. The second-order valence-electron chi connectivity index (χ2n) is 8.63. The van der Waals surface area contributed by atoms with E-state index in [-0.39, 0.29) is 28.8 Å². The molecule has 0 saturated carbocycles. The molecule has 6 N–H and O–H groups in total. The second-order valence-corrected chi connectivity index (χ2v) is 9.40. The Balaban J connectivity index is 1.40. The van der Waals surface area contributed by atoms with Crippen LogP contribution in [0.3, 0.4) is 0 Å². The quantitative estimate of drug-likeness (QED) is 0.293. The lowest BCUT2D eigenvalue weighted by Crippen LogP contribution is -2.54. The van der Waals surface area contributed by atoms with E-state index in [1.165, 1.54) is 0 Å². The first-order valence-electron chi connectivity index (χ1n) is 11.2. The molecule has 0 atom stereocenters. The van der Waals surface area contributed by atoms with Gasteiger partial charge in [0.25, 0.3) is 5.91 Å². The summed E-state index contributed by atoms with van der Waals surface area (Å²) in [7, 11) is 1.81.